The van der Waals surface area contributed by atoms with Gasteiger partial charge in [-0.15, -0.1) is 0 Å². The van der Waals surface area contributed by atoms with Gasteiger partial charge in [0.15, 0.2) is 5.16 Å². The lowest BCUT2D eigenvalue weighted by molar-refractivity contribution is -0.118. The first-order valence-corrected chi connectivity index (χ1v) is 13.6. The van der Waals surface area contributed by atoms with Crippen molar-refractivity contribution in [2.75, 3.05) is 5.75 Å². The number of carbonyl (C=O) groups excluding carboxylic acids is 1. The summed E-state index contributed by atoms with van der Waals surface area (Å²) in [7, 11) is 0. The standard InChI is InChI=1S/C27H20Br2N4O2S/c28-21-12-17(14-30-33-25(34)16-36-27-31-23-10-3-4-11-24(23)32-27)13-22(29)26(21)35-15-19-8-5-7-18-6-1-2-9-20(18)19/h1-14H,15-16H2,(H,31,32)(H,33,34)/b30-14-. The van der Waals surface area contributed by atoms with Gasteiger partial charge in [0.05, 0.1) is 31.9 Å². The summed E-state index contributed by atoms with van der Waals surface area (Å²) in [6.45, 7) is 0.435. The van der Waals surface area contributed by atoms with E-state index in [0.29, 0.717) is 17.5 Å². The Morgan fingerprint density at radius 3 is 2.61 bits per heavy atom. The smallest absolute Gasteiger partial charge is 0.250 e. The lowest BCUT2D eigenvalue weighted by Crippen LogP contribution is -2.19. The van der Waals surface area contributed by atoms with E-state index in [0.717, 1.165) is 31.1 Å². The molecule has 0 radical (unpaired) electrons. The van der Waals surface area contributed by atoms with Gasteiger partial charge in [-0.05, 0) is 78.0 Å². The average Bonchev–Trinajstić information content (AvgIpc) is 3.30. The summed E-state index contributed by atoms with van der Waals surface area (Å²) < 4.78 is 7.70. The number of fused-ring (bicyclic) bond motifs is 2. The molecule has 180 valence electrons. The highest BCUT2D eigenvalue weighted by atomic mass is 79.9. The Morgan fingerprint density at radius 1 is 1.03 bits per heavy atom. The Kier molecular flexibility index (Phi) is 7.69. The van der Waals surface area contributed by atoms with Gasteiger partial charge in [-0.25, -0.2) is 10.4 Å². The fraction of sp³-hybridized carbons (Fsp3) is 0.0741. The second-order valence-electron chi connectivity index (χ2n) is 7.88. The molecule has 0 atom stereocenters. The molecule has 0 fully saturated rings. The largest absolute Gasteiger partial charge is 0.487 e. The lowest BCUT2D eigenvalue weighted by atomic mass is 10.1. The zero-order valence-electron chi connectivity index (χ0n) is 18.9. The minimum absolute atomic E-state index is 0.200. The number of aromatic nitrogens is 2. The topological polar surface area (TPSA) is 79.4 Å². The molecule has 1 aromatic heterocycles. The fourth-order valence-corrected chi connectivity index (χ4v) is 5.83. The van der Waals surface area contributed by atoms with Crippen LogP contribution >= 0.6 is 43.6 Å². The highest BCUT2D eigenvalue weighted by Gasteiger charge is 2.11. The number of aromatic amines is 1. The van der Waals surface area contributed by atoms with Crippen molar-refractivity contribution in [3.63, 3.8) is 0 Å². The number of ether oxygens (including phenoxy) is 1. The number of para-hydroxylation sites is 2. The van der Waals surface area contributed by atoms with Gasteiger partial charge in [-0.1, -0.05) is 66.4 Å². The maximum Gasteiger partial charge on any atom is 0.250 e. The third-order valence-corrected chi connectivity index (χ3v) is 7.43. The van der Waals surface area contributed by atoms with E-state index in [1.807, 2.05) is 54.6 Å². The molecule has 0 saturated heterocycles. The van der Waals surface area contributed by atoms with E-state index >= 15 is 0 Å². The van der Waals surface area contributed by atoms with Gasteiger partial charge in [0.25, 0.3) is 5.91 Å². The number of thioether (sulfide) groups is 1. The number of halogens is 2. The van der Waals surface area contributed by atoms with Crippen molar-refractivity contribution in [1.82, 2.24) is 15.4 Å². The van der Waals surface area contributed by atoms with Crippen molar-refractivity contribution < 1.29 is 9.53 Å². The number of H-pyrrole nitrogens is 1. The maximum atomic E-state index is 12.2. The SMILES string of the molecule is O=C(CSc1nc2ccccc2[nH]1)N/N=C\c1cc(Br)c(OCc2cccc3ccccc23)c(Br)c1. The molecule has 5 aromatic rings. The van der Waals surface area contributed by atoms with Crippen LogP contribution in [-0.2, 0) is 11.4 Å². The summed E-state index contributed by atoms with van der Waals surface area (Å²) in [4.78, 5) is 19.8. The van der Waals surface area contributed by atoms with Gasteiger partial charge in [-0.3, -0.25) is 4.79 Å². The molecule has 1 heterocycles. The van der Waals surface area contributed by atoms with E-state index in [4.69, 9.17) is 4.74 Å². The van der Waals surface area contributed by atoms with Crippen LogP contribution in [0.1, 0.15) is 11.1 Å². The number of imidazole rings is 1. The second kappa shape index (κ2) is 11.3. The molecule has 1 amide bonds. The van der Waals surface area contributed by atoms with Crippen molar-refractivity contribution in [3.8, 4) is 5.75 Å². The molecular formula is C27H20Br2N4O2S. The van der Waals surface area contributed by atoms with Crippen LogP contribution in [0.4, 0.5) is 0 Å². The van der Waals surface area contributed by atoms with Gasteiger partial charge in [0.2, 0.25) is 0 Å². The Balaban J connectivity index is 1.17. The van der Waals surface area contributed by atoms with Gasteiger partial charge < -0.3 is 9.72 Å². The van der Waals surface area contributed by atoms with E-state index in [2.05, 4.69) is 76.6 Å². The summed E-state index contributed by atoms with van der Waals surface area (Å²) in [5.74, 6) is 0.683. The average molecular weight is 624 g/mol. The lowest BCUT2D eigenvalue weighted by Gasteiger charge is -2.13. The minimum atomic E-state index is -0.218. The number of nitrogens with zero attached hydrogens (tertiary/aromatic N) is 2. The van der Waals surface area contributed by atoms with Crippen molar-refractivity contribution >= 4 is 77.5 Å². The number of hydrogen-bond acceptors (Lipinski definition) is 5. The van der Waals surface area contributed by atoms with Crippen molar-refractivity contribution in [2.45, 2.75) is 11.8 Å². The van der Waals surface area contributed by atoms with E-state index in [1.165, 1.54) is 22.5 Å². The highest BCUT2D eigenvalue weighted by Crippen LogP contribution is 2.35. The molecule has 6 nitrogen and oxygen atoms in total. The molecule has 0 spiro atoms. The van der Waals surface area contributed by atoms with Crippen molar-refractivity contribution in [2.24, 2.45) is 5.10 Å². The number of nitrogens with one attached hydrogen (secondary N) is 2. The summed E-state index contributed by atoms with van der Waals surface area (Å²) in [6, 6.07) is 26.0. The number of rotatable bonds is 8. The van der Waals surface area contributed by atoms with Gasteiger partial charge in [0, 0.05) is 0 Å². The van der Waals surface area contributed by atoms with Gasteiger partial charge in [-0.2, -0.15) is 5.10 Å². The zero-order chi connectivity index (χ0) is 24.9. The molecule has 0 saturated carbocycles. The highest BCUT2D eigenvalue weighted by molar-refractivity contribution is 9.11. The van der Waals surface area contributed by atoms with Crippen LogP contribution in [0, 0.1) is 0 Å². The van der Waals surface area contributed by atoms with Crippen LogP contribution in [0.25, 0.3) is 21.8 Å². The second-order valence-corrected chi connectivity index (χ2v) is 10.6. The molecule has 2 N–H and O–H groups in total. The number of carbonyl (C=O) groups is 1. The molecule has 9 heteroatoms. The predicted molar refractivity (Wildman–Crippen MR) is 153 cm³/mol. The first-order valence-electron chi connectivity index (χ1n) is 11.0. The van der Waals surface area contributed by atoms with Crippen molar-refractivity contribution in [1.29, 1.82) is 0 Å². The van der Waals surface area contributed by atoms with Crippen LogP contribution in [0.5, 0.6) is 5.75 Å². The first-order chi connectivity index (χ1) is 17.6. The number of benzene rings is 4. The Morgan fingerprint density at radius 2 is 1.78 bits per heavy atom. The molecule has 0 aliphatic heterocycles. The Bertz CT molecular complexity index is 1520. The molecule has 5 rings (SSSR count). The molecule has 0 unspecified atom stereocenters. The summed E-state index contributed by atoms with van der Waals surface area (Å²) in [6.07, 6.45) is 1.59. The third-order valence-electron chi connectivity index (χ3n) is 5.38. The molecule has 0 bridgehead atoms. The minimum Gasteiger partial charge on any atom is -0.487 e. The molecule has 0 aliphatic carbocycles. The number of hydrogen-bond donors (Lipinski definition) is 2. The van der Waals surface area contributed by atoms with Gasteiger partial charge in [0.1, 0.15) is 12.4 Å². The Labute approximate surface area is 228 Å². The predicted octanol–water partition coefficient (Wildman–Crippen LogP) is 7.06. The van der Waals surface area contributed by atoms with Crippen molar-refractivity contribution in [3.05, 3.63) is 98.9 Å². The monoisotopic (exact) mass is 622 g/mol. The normalized spacial score (nSPS) is 11.4. The summed E-state index contributed by atoms with van der Waals surface area (Å²) in [5.41, 5.74) is 6.29. The van der Waals surface area contributed by atoms with Crippen LogP contribution < -0.4 is 10.2 Å². The van der Waals surface area contributed by atoms with Crippen LogP contribution in [0.2, 0.25) is 0 Å². The molecular weight excluding hydrogens is 604 g/mol. The maximum absolute atomic E-state index is 12.2. The third kappa shape index (κ3) is 5.80. The zero-order valence-corrected chi connectivity index (χ0v) is 22.9. The van der Waals surface area contributed by atoms with E-state index in [1.54, 1.807) is 6.21 Å². The van der Waals surface area contributed by atoms with E-state index in [-0.39, 0.29) is 11.7 Å². The van der Waals surface area contributed by atoms with Crippen LogP contribution in [-0.4, -0.2) is 27.8 Å². The number of amides is 1. The summed E-state index contributed by atoms with van der Waals surface area (Å²) in [5, 5.41) is 7.14. The Hall–Kier alpha value is -3.14. The van der Waals surface area contributed by atoms with Crippen LogP contribution in [0.3, 0.4) is 0 Å². The quantitative estimate of drug-likeness (QED) is 0.110. The van der Waals surface area contributed by atoms with Gasteiger partial charge >= 0.3 is 0 Å². The summed E-state index contributed by atoms with van der Waals surface area (Å²) >= 11 is 8.51. The number of hydrazone groups is 1. The molecule has 0 aliphatic rings. The van der Waals surface area contributed by atoms with Crippen LogP contribution in [0.15, 0.2) is 98.1 Å². The fourth-order valence-electron chi connectivity index (χ4n) is 3.70. The van der Waals surface area contributed by atoms with E-state index < -0.39 is 0 Å². The first kappa shape index (κ1) is 24.5. The molecule has 4 aromatic carbocycles. The molecule has 36 heavy (non-hydrogen) atoms. The van der Waals surface area contributed by atoms with E-state index in [9.17, 15) is 4.79 Å².